The van der Waals surface area contributed by atoms with Crippen molar-refractivity contribution in [3.05, 3.63) is 29.0 Å². The van der Waals surface area contributed by atoms with Gasteiger partial charge in [-0.05, 0) is 25.0 Å². The van der Waals surface area contributed by atoms with E-state index in [4.69, 9.17) is 17.3 Å². The maximum atomic E-state index is 11.6. The second kappa shape index (κ2) is 6.85. The highest BCUT2D eigenvalue weighted by atomic mass is 35.5. The van der Waals surface area contributed by atoms with Gasteiger partial charge >= 0.3 is 0 Å². The summed E-state index contributed by atoms with van der Waals surface area (Å²) >= 11 is 5.77. The Kier molecular flexibility index (Phi) is 5.42. The van der Waals surface area contributed by atoms with Crippen LogP contribution in [0.4, 0.5) is 0 Å². The number of primary amides is 1. The monoisotopic (exact) mass is 255 g/mol. The fourth-order valence-corrected chi connectivity index (χ4v) is 1.48. The average molecular weight is 256 g/mol. The molecule has 3 N–H and O–H groups in total. The molecular weight excluding hydrogens is 242 g/mol. The Morgan fingerprint density at radius 2 is 2.18 bits per heavy atom. The first-order valence-electron chi connectivity index (χ1n) is 5.28. The molecule has 2 amide bonds. The van der Waals surface area contributed by atoms with E-state index in [9.17, 15) is 9.59 Å². The molecule has 0 unspecified atom stereocenters. The zero-order chi connectivity index (χ0) is 12.7. The molecular formula is C11H14ClN3O2. The molecule has 0 radical (unpaired) electrons. The molecule has 17 heavy (non-hydrogen) atoms. The van der Waals surface area contributed by atoms with Gasteiger partial charge in [0.1, 0.15) is 5.15 Å². The molecule has 1 aromatic rings. The summed E-state index contributed by atoms with van der Waals surface area (Å²) in [6, 6.07) is 3.25. The van der Waals surface area contributed by atoms with Crippen molar-refractivity contribution in [2.75, 3.05) is 6.54 Å². The number of carbonyl (C=O) groups excluding carboxylic acids is 2. The first kappa shape index (κ1) is 13.4. The van der Waals surface area contributed by atoms with Crippen LogP contribution < -0.4 is 11.1 Å². The van der Waals surface area contributed by atoms with Crippen LogP contribution in [-0.2, 0) is 4.79 Å². The number of amides is 2. The van der Waals surface area contributed by atoms with Gasteiger partial charge in [-0.15, -0.1) is 0 Å². The Morgan fingerprint density at radius 3 is 2.82 bits per heavy atom. The van der Waals surface area contributed by atoms with Gasteiger partial charge < -0.3 is 11.1 Å². The number of nitrogens with zero attached hydrogens (tertiary/aromatic N) is 1. The van der Waals surface area contributed by atoms with Crippen molar-refractivity contribution >= 4 is 23.4 Å². The summed E-state index contributed by atoms with van der Waals surface area (Å²) in [5.41, 5.74) is 5.34. The molecule has 1 rings (SSSR count). The molecule has 1 heterocycles. The van der Waals surface area contributed by atoms with Crippen molar-refractivity contribution < 1.29 is 9.59 Å². The fourth-order valence-electron chi connectivity index (χ4n) is 1.28. The number of carbonyl (C=O) groups is 2. The van der Waals surface area contributed by atoms with Gasteiger partial charge in [-0.25, -0.2) is 4.98 Å². The number of rotatable bonds is 6. The van der Waals surface area contributed by atoms with E-state index in [-0.39, 0.29) is 17.0 Å². The lowest BCUT2D eigenvalue weighted by molar-refractivity contribution is -0.118. The minimum Gasteiger partial charge on any atom is -0.370 e. The summed E-state index contributed by atoms with van der Waals surface area (Å²) in [6.07, 6.45) is 3.22. The molecule has 0 aromatic carbocycles. The number of nitrogens with two attached hydrogens (primary N) is 1. The molecule has 1 aromatic heterocycles. The number of unbranched alkanes of at least 4 members (excludes halogenated alkanes) is 1. The Balaban J connectivity index is 2.31. The van der Waals surface area contributed by atoms with E-state index in [1.165, 1.54) is 6.20 Å². The minimum absolute atomic E-state index is 0.183. The van der Waals surface area contributed by atoms with E-state index in [2.05, 4.69) is 10.3 Å². The van der Waals surface area contributed by atoms with Gasteiger partial charge in [-0.3, -0.25) is 9.59 Å². The van der Waals surface area contributed by atoms with Crippen LogP contribution in [0.15, 0.2) is 18.3 Å². The minimum atomic E-state index is -0.327. The fraction of sp³-hybridized carbons (Fsp3) is 0.364. The third-order valence-corrected chi connectivity index (χ3v) is 2.44. The van der Waals surface area contributed by atoms with E-state index in [1.54, 1.807) is 12.1 Å². The zero-order valence-corrected chi connectivity index (χ0v) is 10.0. The Hall–Kier alpha value is -1.62. The van der Waals surface area contributed by atoms with E-state index >= 15 is 0 Å². The predicted octanol–water partition coefficient (Wildman–Crippen LogP) is 1.12. The third kappa shape index (κ3) is 4.82. The highest BCUT2D eigenvalue weighted by Crippen LogP contribution is 2.10. The summed E-state index contributed by atoms with van der Waals surface area (Å²) in [5, 5.41) is 2.88. The lowest BCUT2D eigenvalue weighted by atomic mass is 10.2. The van der Waals surface area contributed by atoms with Crippen molar-refractivity contribution in [1.82, 2.24) is 10.3 Å². The molecule has 0 bridgehead atoms. The van der Waals surface area contributed by atoms with Crippen LogP contribution in [0.1, 0.15) is 29.6 Å². The van der Waals surface area contributed by atoms with E-state index in [0.29, 0.717) is 31.4 Å². The molecule has 0 aliphatic heterocycles. The number of pyridine rings is 1. The molecule has 6 heteroatoms. The number of nitrogens with one attached hydrogen (secondary N) is 1. The van der Waals surface area contributed by atoms with E-state index in [1.807, 2.05) is 0 Å². The van der Waals surface area contributed by atoms with E-state index in [0.717, 1.165) is 0 Å². The summed E-state index contributed by atoms with van der Waals surface area (Å²) in [4.78, 5) is 25.9. The van der Waals surface area contributed by atoms with Gasteiger partial charge in [-0.2, -0.15) is 0 Å². The molecule has 92 valence electrons. The maximum Gasteiger partial charge on any atom is 0.254 e. The molecule has 0 aliphatic rings. The largest absolute Gasteiger partial charge is 0.370 e. The second-order valence-electron chi connectivity index (χ2n) is 3.52. The van der Waals surface area contributed by atoms with Gasteiger partial charge in [0.25, 0.3) is 5.91 Å². The first-order chi connectivity index (χ1) is 8.11. The molecule has 0 saturated heterocycles. The lowest BCUT2D eigenvalue weighted by Gasteiger charge is -2.05. The number of halogens is 1. The quantitative estimate of drug-likeness (QED) is 0.590. The zero-order valence-electron chi connectivity index (χ0n) is 9.28. The van der Waals surface area contributed by atoms with Crippen LogP contribution in [0, 0.1) is 0 Å². The highest BCUT2D eigenvalue weighted by Gasteiger charge is 2.09. The number of hydrogen-bond donors (Lipinski definition) is 2. The number of aromatic nitrogens is 1. The molecule has 5 nitrogen and oxygen atoms in total. The molecule has 0 aliphatic carbocycles. The molecule has 0 saturated carbocycles. The van der Waals surface area contributed by atoms with Crippen molar-refractivity contribution in [2.45, 2.75) is 19.3 Å². The summed E-state index contributed by atoms with van der Waals surface area (Å²) < 4.78 is 0. The summed E-state index contributed by atoms with van der Waals surface area (Å²) in [6.45, 7) is 0.483. The summed E-state index contributed by atoms with van der Waals surface area (Å²) in [7, 11) is 0. The van der Waals surface area contributed by atoms with Gasteiger partial charge in [0.05, 0.1) is 5.56 Å². The van der Waals surface area contributed by atoms with Crippen molar-refractivity contribution in [1.29, 1.82) is 0 Å². The third-order valence-electron chi connectivity index (χ3n) is 2.14. The number of hydrogen-bond acceptors (Lipinski definition) is 3. The molecule has 0 fully saturated rings. The van der Waals surface area contributed by atoms with Crippen molar-refractivity contribution in [3.8, 4) is 0 Å². The van der Waals surface area contributed by atoms with Crippen LogP contribution in [0.3, 0.4) is 0 Å². The normalized spacial score (nSPS) is 9.94. The summed E-state index contributed by atoms with van der Waals surface area (Å²) in [5.74, 6) is -0.589. The van der Waals surface area contributed by atoms with Gasteiger partial charge in [0.2, 0.25) is 5.91 Å². The SMILES string of the molecule is NC(=O)CCCCNC(=O)c1cccnc1Cl. The predicted molar refractivity (Wildman–Crippen MR) is 64.6 cm³/mol. The van der Waals surface area contributed by atoms with Crippen LogP contribution in [-0.4, -0.2) is 23.3 Å². The molecule has 0 spiro atoms. The first-order valence-corrected chi connectivity index (χ1v) is 5.66. The van der Waals surface area contributed by atoms with Crippen LogP contribution >= 0.6 is 11.6 Å². The van der Waals surface area contributed by atoms with Crippen LogP contribution in [0.25, 0.3) is 0 Å². The maximum absolute atomic E-state index is 11.6. The van der Waals surface area contributed by atoms with Gasteiger partial charge in [-0.1, -0.05) is 11.6 Å². The molecule has 0 atom stereocenters. The van der Waals surface area contributed by atoms with Crippen molar-refractivity contribution in [3.63, 3.8) is 0 Å². The average Bonchev–Trinajstić information content (AvgIpc) is 2.28. The van der Waals surface area contributed by atoms with Crippen LogP contribution in [0.5, 0.6) is 0 Å². The standard InChI is InChI=1S/C11H14ClN3O2/c12-10-8(4-3-7-14-10)11(17)15-6-2-1-5-9(13)16/h3-4,7H,1-2,5-6H2,(H2,13,16)(H,15,17). The topological polar surface area (TPSA) is 85.1 Å². The van der Waals surface area contributed by atoms with Crippen molar-refractivity contribution in [2.24, 2.45) is 5.73 Å². The Morgan fingerprint density at radius 1 is 1.41 bits per heavy atom. The Labute approximate surface area is 104 Å². The van der Waals surface area contributed by atoms with Crippen LogP contribution in [0.2, 0.25) is 5.15 Å². The lowest BCUT2D eigenvalue weighted by Crippen LogP contribution is -2.25. The van der Waals surface area contributed by atoms with Gasteiger partial charge in [0.15, 0.2) is 0 Å². The second-order valence-corrected chi connectivity index (χ2v) is 3.88. The Bertz CT molecular complexity index is 409. The van der Waals surface area contributed by atoms with E-state index < -0.39 is 0 Å². The highest BCUT2D eigenvalue weighted by molar-refractivity contribution is 6.32. The van der Waals surface area contributed by atoms with Gasteiger partial charge in [0, 0.05) is 19.2 Å². The smallest absolute Gasteiger partial charge is 0.254 e.